The van der Waals surface area contributed by atoms with Gasteiger partial charge in [-0.05, 0) is 105 Å². The highest BCUT2D eigenvalue weighted by molar-refractivity contribution is 6.14. The number of anilines is 6. The van der Waals surface area contributed by atoms with E-state index < -0.39 is 0 Å². The van der Waals surface area contributed by atoms with Crippen LogP contribution in [0.2, 0.25) is 0 Å². The van der Waals surface area contributed by atoms with Gasteiger partial charge in [0.2, 0.25) is 0 Å². The average Bonchev–Trinajstić information content (AvgIpc) is 3.23. The van der Waals surface area contributed by atoms with Gasteiger partial charge in [0, 0.05) is 33.8 Å². The molecule has 0 spiro atoms. The zero-order valence-electron chi connectivity index (χ0n) is 28.7. The highest BCUT2D eigenvalue weighted by Gasteiger charge is 2.18. The molecule has 2 nitrogen and oxygen atoms in total. The van der Waals surface area contributed by atoms with E-state index in [4.69, 9.17) is 0 Å². The molecule has 0 aliphatic carbocycles. The van der Waals surface area contributed by atoms with Crippen molar-refractivity contribution < 1.29 is 0 Å². The number of fused-ring (bicyclic) bond motifs is 3. The molecular formula is C50H36N2. The highest BCUT2D eigenvalue weighted by Crippen LogP contribution is 2.43. The summed E-state index contributed by atoms with van der Waals surface area (Å²) in [5, 5.41) is 4.97. The Hall–Kier alpha value is -6.90. The van der Waals surface area contributed by atoms with Crippen LogP contribution in [0.4, 0.5) is 34.1 Å². The molecule has 0 unspecified atom stereocenters. The molecule has 246 valence electrons. The largest absolute Gasteiger partial charge is 0.310 e. The lowest BCUT2D eigenvalue weighted by atomic mass is 9.98. The van der Waals surface area contributed by atoms with Gasteiger partial charge < -0.3 is 9.80 Å². The van der Waals surface area contributed by atoms with Crippen LogP contribution in [0, 0.1) is 0 Å². The van der Waals surface area contributed by atoms with Gasteiger partial charge in [-0.25, -0.2) is 0 Å². The quantitative estimate of drug-likeness (QED) is 0.149. The van der Waals surface area contributed by atoms with Gasteiger partial charge in [0.1, 0.15) is 0 Å². The Balaban J connectivity index is 1.10. The first-order valence-electron chi connectivity index (χ1n) is 17.8. The first-order valence-corrected chi connectivity index (χ1v) is 17.8. The summed E-state index contributed by atoms with van der Waals surface area (Å²) in [7, 11) is 0. The summed E-state index contributed by atoms with van der Waals surface area (Å²) in [6, 6.07) is 78.2. The molecule has 0 N–H and O–H groups in total. The Labute approximate surface area is 305 Å². The fourth-order valence-corrected chi connectivity index (χ4v) is 7.31. The molecule has 0 saturated heterocycles. The fourth-order valence-electron chi connectivity index (χ4n) is 7.31. The number of rotatable bonds is 8. The minimum atomic E-state index is 1.11. The third-order valence-electron chi connectivity index (χ3n) is 9.81. The van der Waals surface area contributed by atoms with Crippen LogP contribution >= 0.6 is 0 Å². The van der Waals surface area contributed by atoms with E-state index in [-0.39, 0.29) is 0 Å². The van der Waals surface area contributed by atoms with Gasteiger partial charge in [-0.3, -0.25) is 0 Å². The van der Waals surface area contributed by atoms with Crippen LogP contribution in [0.1, 0.15) is 0 Å². The van der Waals surface area contributed by atoms with E-state index in [1.807, 2.05) is 0 Å². The van der Waals surface area contributed by atoms with Crippen LogP contribution in [0.3, 0.4) is 0 Å². The maximum Gasteiger partial charge on any atom is 0.0546 e. The minimum Gasteiger partial charge on any atom is -0.310 e. The molecule has 0 radical (unpaired) electrons. The predicted octanol–water partition coefficient (Wildman–Crippen LogP) is 14.3. The average molecular weight is 665 g/mol. The second kappa shape index (κ2) is 13.8. The Morgan fingerprint density at radius 2 is 0.654 bits per heavy atom. The van der Waals surface area contributed by atoms with Gasteiger partial charge in [0.05, 0.1) is 5.69 Å². The van der Waals surface area contributed by atoms with Crippen molar-refractivity contribution in [3.05, 3.63) is 218 Å². The van der Waals surface area contributed by atoms with E-state index in [9.17, 15) is 0 Å². The number of hydrogen-bond acceptors (Lipinski definition) is 2. The smallest absolute Gasteiger partial charge is 0.0546 e. The molecule has 0 heterocycles. The number of para-hydroxylation sites is 2. The summed E-state index contributed by atoms with van der Waals surface area (Å²) in [5.74, 6) is 0. The van der Waals surface area contributed by atoms with E-state index in [0.717, 1.165) is 45.3 Å². The van der Waals surface area contributed by atoms with Gasteiger partial charge in [-0.1, -0.05) is 152 Å². The number of nitrogens with zero attached hydrogens (tertiary/aromatic N) is 2. The van der Waals surface area contributed by atoms with Crippen LogP contribution in [0.5, 0.6) is 0 Å². The molecule has 9 rings (SSSR count). The molecular weight excluding hydrogens is 629 g/mol. The van der Waals surface area contributed by atoms with Crippen LogP contribution < -0.4 is 9.80 Å². The third-order valence-corrected chi connectivity index (χ3v) is 9.81. The van der Waals surface area contributed by atoms with Gasteiger partial charge in [0.25, 0.3) is 0 Å². The number of hydrogen-bond donors (Lipinski definition) is 0. The van der Waals surface area contributed by atoms with Crippen LogP contribution in [-0.4, -0.2) is 0 Å². The van der Waals surface area contributed by atoms with E-state index in [1.54, 1.807) is 0 Å². The molecule has 9 aromatic carbocycles. The maximum atomic E-state index is 2.38. The van der Waals surface area contributed by atoms with E-state index in [1.165, 1.54) is 32.7 Å². The molecule has 9 aromatic rings. The maximum absolute atomic E-state index is 2.38. The van der Waals surface area contributed by atoms with Crippen molar-refractivity contribution in [2.24, 2.45) is 0 Å². The van der Waals surface area contributed by atoms with Gasteiger partial charge in [-0.2, -0.15) is 0 Å². The molecule has 0 aromatic heterocycles. The Bertz CT molecular complexity index is 2600. The number of benzene rings is 9. The lowest BCUT2D eigenvalue weighted by molar-refractivity contribution is 1.28. The molecule has 2 heteroatoms. The topological polar surface area (TPSA) is 6.48 Å². The van der Waals surface area contributed by atoms with Crippen molar-refractivity contribution in [1.82, 2.24) is 0 Å². The predicted molar refractivity (Wildman–Crippen MR) is 222 cm³/mol. The van der Waals surface area contributed by atoms with Crippen molar-refractivity contribution in [3.8, 4) is 22.3 Å². The first-order chi connectivity index (χ1) is 25.8. The SMILES string of the molecule is c1ccc(-c2ccc(N(c3ccccc3)c3cccc(-c4ccc(N(c5ccccc5)c5cc6ccccc6c6ccccc56)cc4)c3)cc2)cc1. The van der Waals surface area contributed by atoms with Crippen LogP contribution in [-0.2, 0) is 0 Å². The lowest BCUT2D eigenvalue weighted by Gasteiger charge is -2.28. The van der Waals surface area contributed by atoms with Crippen LogP contribution in [0.15, 0.2) is 218 Å². The second-order valence-electron chi connectivity index (χ2n) is 13.0. The van der Waals surface area contributed by atoms with Gasteiger partial charge >= 0.3 is 0 Å². The summed E-state index contributed by atoms with van der Waals surface area (Å²) in [6.07, 6.45) is 0. The van der Waals surface area contributed by atoms with E-state index >= 15 is 0 Å². The van der Waals surface area contributed by atoms with Crippen LogP contribution in [0.25, 0.3) is 43.8 Å². The Morgan fingerprint density at radius 3 is 1.31 bits per heavy atom. The van der Waals surface area contributed by atoms with Crippen molar-refractivity contribution >= 4 is 55.7 Å². The highest BCUT2D eigenvalue weighted by atomic mass is 15.1. The Kier molecular flexibility index (Phi) is 8.24. The summed E-state index contributed by atoms with van der Waals surface area (Å²) < 4.78 is 0. The summed E-state index contributed by atoms with van der Waals surface area (Å²) in [6.45, 7) is 0. The summed E-state index contributed by atoms with van der Waals surface area (Å²) in [4.78, 5) is 4.71. The third kappa shape index (κ3) is 5.97. The normalized spacial score (nSPS) is 11.1. The van der Waals surface area contributed by atoms with Crippen molar-refractivity contribution in [1.29, 1.82) is 0 Å². The van der Waals surface area contributed by atoms with E-state index in [2.05, 4.69) is 228 Å². The molecule has 0 fully saturated rings. The summed E-state index contributed by atoms with van der Waals surface area (Å²) in [5.41, 5.74) is 11.5. The minimum absolute atomic E-state index is 1.11. The molecule has 0 bridgehead atoms. The lowest BCUT2D eigenvalue weighted by Crippen LogP contribution is -2.10. The molecule has 0 amide bonds. The molecule has 0 aliphatic heterocycles. The molecule has 52 heavy (non-hydrogen) atoms. The van der Waals surface area contributed by atoms with E-state index in [0.29, 0.717) is 0 Å². The standard InChI is InChI=1S/C50H36N2/c1-4-15-37(16-5-1)38-27-31-44(32-28-38)51(42-19-6-2-7-20-42)46-23-14-18-40(35-46)39-29-33-45(34-30-39)52(43-21-8-3-9-22-43)50-36-41-17-10-11-24-47(41)48-25-12-13-26-49(48)50/h1-36H. The van der Waals surface area contributed by atoms with Crippen molar-refractivity contribution in [2.45, 2.75) is 0 Å². The first kappa shape index (κ1) is 31.1. The fraction of sp³-hybridized carbons (Fsp3) is 0. The van der Waals surface area contributed by atoms with Crippen molar-refractivity contribution in [3.63, 3.8) is 0 Å². The molecule has 0 aliphatic rings. The molecule has 0 saturated carbocycles. The van der Waals surface area contributed by atoms with Gasteiger partial charge in [-0.15, -0.1) is 0 Å². The van der Waals surface area contributed by atoms with Gasteiger partial charge in [0.15, 0.2) is 0 Å². The Morgan fingerprint density at radius 1 is 0.231 bits per heavy atom. The van der Waals surface area contributed by atoms with Crippen molar-refractivity contribution in [2.75, 3.05) is 9.80 Å². The second-order valence-corrected chi connectivity index (χ2v) is 13.0. The summed E-state index contributed by atoms with van der Waals surface area (Å²) >= 11 is 0. The molecule has 0 atom stereocenters. The zero-order chi connectivity index (χ0) is 34.7. The monoisotopic (exact) mass is 664 g/mol. The zero-order valence-corrected chi connectivity index (χ0v) is 28.7.